The van der Waals surface area contributed by atoms with Crippen molar-refractivity contribution in [1.29, 1.82) is 0 Å². The van der Waals surface area contributed by atoms with Crippen molar-refractivity contribution in [2.24, 2.45) is 0 Å². The van der Waals surface area contributed by atoms with Crippen molar-refractivity contribution >= 4 is 23.2 Å². The summed E-state index contributed by atoms with van der Waals surface area (Å²) >= 11 is 5.86. The molecule has 1 rings (SSSR count). The lowest BCUT2D eigenvalue weighted by molar-refractivity contribution is -0.120. The van der Waals surface area contributed by atoms with Gasteiger partial charge in [-0.1, -0.05) is 11.6 Å². The largest absolute Gasteiger partial charge is 0.384 e. The SMILES string of the molecule is CNC(=O)CCCNc1cc(F)ccc1Cl. The maximum absolute atomic E-state index is 12.9. The van der Waals surface area contributed by atoms with Crippen LogP contribution in [0, 0.1) is 5.82 Å². The fraction of sp³-hybridized carbons (Fsp3) is 0.364. The summed E-state index contributed by atoms with van der Waals surface area (Å²) in [7, 11) is 1.60. The summed E-state index contributed by atoms with van der Waals surface area (Å²) in [5.41, 5.74) is 0.554. The first-order chi connectivity index (χ1) is 7.63. The van der Waals surface area contributed by atoms with Gasteiger partial charge in [-0.2, -0.15) is 0 Å². The van der Waals surface area contributed by atoms with Crippen LogP contribution in [-0.2, 0) is 4.79 Å². The lowest BCUT2D eigenvalue weighted by atomic mass is 10.2. The molecule has 1 aromatic carbocycles. The number of carbonyl (C=O) groups is 1. The van der Waals surface area contributed by atoms with Gasteiger partial charge in [-0.15, -0.1) is 0 Å². The molecule has 0 fully saturated rings. The monoisotopic (exact) mass is 244 g/mol. The van der Waals surface area contributed by atoms with Crippen molar-refractivity contribution in [3.05, 3.63) is 29.0 Å². The molecule has 0 aliphatic heterocycles. The van der Waals surface area contributed by atoms with Gasteiger partial charge in [0.15, 0.2) is 0 Å². The molecule has 5 heteroatoms. The summed E-state index contributed by atoms with van der Waals surface area (Å²) in [5, 5.41) is 5.99. The fourth-order valence-electron chi connectivity index (χ4n) is 1.23. The normalized spacial score (nSPS) is 9.94. The smallest absolute Gasteiger partial charge is 0.219 e. The van der Waals surface area contributed by atoms with Gasteiger partial charge in [0.1, 0.15) is 5.82 Å². The van der Waals surface area contributed by atoms with Crippen LogP contribution in [0.4, 0.5) is 10.1 Å². The van der Waals surface area contributed by atoms with E-state index in [1.54, 1.807) is 7.05 Å². The Bertz CT molecular complexity index is 371. The Kier molecular flexibility index (Phi) is 5.05. The van der Waals surface area contributed by atoms with Gasteiger partial charge in [0.05, 0.1) is 10.7 Å². The van der Waals surface area contributed by atoms with Crippen LogP contribution < -0.4 is 10.6 Å². The van der Waals surface area contributed by atoms with Crippen molar-refractivity contribution < 1.29 is 9.18 Å². The average Bonchev–Trinajstić information content (AvgIpc) is 2.28. The van der Waals surface area contributed by atoms with Gasteiger partial charge in [0, 0.05) is 20.0 Å². The Hall–Kier alpha value is -1.29. The van der Waals surface area contributed by atoms with Gasteiger partial charge >= 0.3 is 0 Å². The standard InChI is InChI=1S/C11H14ClFN2O/c1-14-11(16)3-2-6-15-10-7-8(13)4-5-9(10)12/h4-5,7,15H,2-3,6H2,1H3,(H,14,16). The molecule has 0 atom stereocenters. The second-order valence-corrected chi connectivity index (χ2v) is 3.73. The van der Waals surface area contributed by atoms with Gasteiger partial charge in [0.25, 0.3) is 0 Å². The van der Waals surface area contributed by atoms with Gasteiger partial charge in [-0.25, -0.2) is 4.39 Å². The molecule has 0 aromatic heterocycles. The number of anilines is 1. The maximum atomic E-state index is 12.9. The van der Waals surface area contributed by atoms with Crippen LogP contribution in [0.15, 0.2) is 18.2 Å². The molecule has 1 amide bonds. The van der Waals surface area contributed by atoms with E-state index in [1.807, 2.05) is 0 Å². The van der Waals surface area contributed by atoms with Crippen molar-refractivity contribution in [3.8, 4) is 0 Å². The Morgan fingerprint density at radius 2 is 2.25 bits per heavy atom. The molecule has 0 aliphatic carbocycles. The van der Waals surface area contributed by atoms with Crippen molar-refractivity contribution in [1.82, 2.24) is 5.32 Å². The third-order valence-electron chi connectivity index (χ3n) is 2.10. The van der Waals surface area contributed by atoms with Crippen molar-refractivity contribution in [2.45, 2.75) is 12.8 Å². The highest BCUT2D eigenvalue weighted by Gasteiger charge is 2.02. The number of amides is 1. The number of hydrogen-bond donors (Lipinski definition) is 2. The zero-order chi connectivity index (χ0) is 12.0. The molecule has 0 spiro atoms. The molecule has 0 saturated heterocycles. The molecule has 0 aliphatic rings. The molecule has 3 nitrogen and oxygen atoms in total. The molecular formula is C11H14ClFN2O. The summed E-state index contributed by atoms with van der Waals surface area (Å²) in [6.07, 6.45) is 1.11. The molecule has 2 N–H and O–H groups in total. The number of nitrogens with one attached hydrogen (secondary N) is 2. The highest BCUT2D eigenvalue weighted by molar-refractivity contribution is 6.33. The van der Waals surface area contributed by atoms with Gasteiger partial charge in [-0.05, 0) is 24.6 Å². The van der Waals surface area contributed by atoms with E-state index in [4.69, 9.17) is 11.6 Å². The zero-order valence-corrected chi connectivity index (χ0v) is 9.77. The number of halogens is 2. The summed E-state index contributed by atoms with van der Waals surface area (Å²) in [6.45, 7) is 0.580. The third kappa shape index (κ3) is 4.06. The van der Waals surface area contributed by atoms with E-state index in [1.165, 1.54) is 18.2 Å². The van der Waals surface area contributed by atoms with Crippen LogP contribution in [0.5, 0.6) is 0 Å². The van der Waals surface area contributed by atoms with E-state index in [9.17, 15) is 9.18 Å². The first kappa shape index (κ1) is 12.8. The quantitative estimate of drug-likeness (QED) is 0.781. The van der Waals surface area contributed by atoms with E-state index in [0.717, 1.165) is 0 Å². The molecule has 1 aromatic rings. The Balaban J connectivity index is 2.37. The molecule has 0 bridgehead atoms. The van der Waals surface area contributed by atoms with E-state index < -0.39 is 0 Å². The van der Waals surface area contributed by atoms with Crippen LogP contribution in [-0.4, -0.2) is 19.5 Å². The third-order valence-corrected chi connectivity index (χ3v) is 2.43. The lowest BCUT2D eigenvalue weighted by Gasteiger charge is -2.07. The Labute approximate surface area is 99.0 Å². The average molecular weight is 245 g/mol. The molecule has 0 saturated carbocycles. The molecular weight excluding hydrogens is 231 g/mol. The summed E-state index contributed by atoms with van der Waals surface area (Å²) in [4.78, 5) is 10.9. The van der Waals surface area contributed by atoms with Gasteiger partial charge in [-0.3, -0.25) is 4.79 Å². The van der Waals surface area contributed by atoms with Crippen LogP contribution in [0.3, 0.4) is 0 Å². The van der Waals surface area contributed by atoms with E-state index in [2.05, 4.69) is 10.6 Å². The minimum absolute atomic E-state index is 0.00728. The van der Waals surface area contributed by atoms with Crippen LogP contribution >= 0.6 is 11.6 Å². The lowest BCUT2D eigenvalue weighted by Crippen LogP contribution is -2.18. The molecule has 0 unspecified atom stereocenters. The van der Waals surface area contributed by atoms with Crippen molar-refractivity contribution in [2.75, 3.05) is 18.9 Å². The molecule has 88 valence electrons. The zero-order valence-electron chi connectivity index (χ0n) is 9.02. The fourth-order valence-corrected chi connectivity index (χ4v) is 1.41. The van der Waals surface area contributed by atoms with E-state index >= 15 is 0 Å². The summed E-state index contributed by atoms with van der Waals surface area (Å²) < 4.78 is 12.9. The van der Waals surface area contributed by atoms with Crippen molar-refractivity contribution in [3.63, 3.8) is 0 Å². The molecule has 16 heavy (non-hydrogen) atoms. The Morgan fingerprint density at radius 3 is 2.94 bits per heavy atom. The molecule has 0 heterocycles. The minimum Gasteiger partial charge on any atom is -0.384 e. The topological polar surface area (TPSA) is 41.1 Å². The van der Waals surface area contributed by atoms with Crippen LogP contribution in [0.25, 0.3) is 0 Å². The predicted molar refractivity (Wildman–Crippen MR) is 63.2 cm³/mol. The second-order valence-electron chi connectivity index (χ2n) is 3.33. The van der Waals surface area contributed by atoms with Gasteiger partial charge < -0.3 is 10.6 Å². The predicted octanol–water partition coefficient (Wildman–Crippen LogP) is 2.42. The summed E-state index contributed by atoms with van der Waals surface area (Å²) in [6, 6.07) is 4.14. The number of rotatable bonds is 5. The number of benzene rings is 1. The Morgan fingerprint density at radius 1 is 1.50 bits per heavy atom. The van der Waals surface area contributed by atoms with E-state index in [0.29, 0.717) is 30.1 Å². The highest BCUT2D eigenvalue weighted by atomic mass is 35.5. The first-order valence-corrected chi connectivity index (χ1v) is 5.41. The molecule has 0 radical (unpaired) electrons. The van der Waals surface area contributed by atoms with E-state index in [-0.39, 0.29) is 11.7 Å². The summed E-state index contributed by atoms with van der Waals surface area (Å²) in [5.74, 6) is -0.342. The minimum atomic E-state index is -0.335. The van der Waals surface area contributed by atoms with Crippen LogP contribution in [0.2, 0.25) is 5.02 Å². The first-order valence-electron chi connectivity index (χ1n) is 5.03. The van der Waals surface area contributed by atoms with Gasteiger partial charge in [0.2, 0.25) is 5.91 Å². The second kappa shape index (κ2) is 6.33. The highest BCUT2D eigenvalue weighted by Crippen LogP contribution is 2.22. The number of hydrogen-bond acceptors (Lipinski definition) is 2. The number of carbonyl (C=O) groups excluding carboxylic acids is 1. The van der Waals surface area contributed by atoms with Crippen LogP contribution in [0.1, 0.15) is 12.8 Å². The maximum Gasteiger partial charge on any atom is 0.219 e.